The van der Waals surface area contributed by atoms with Crippen molar-refractivity contribution in [2.24, 2.45) is 11.6 Å². The normalized spacial score (nSPS) is 41.6. The van der Waals surface area contributed by atoms with Crippen molar-refractivity contribution in [2.45, 2.75) is 19.8 Å². The molecule has 0 aliphatic heterocycles. The molecule has 0 spiro atoms. The molecule has 2 atom stereocenters. The molecule has 0 aliphatic rings. The van der Waals surface area contributed by atoms with E-state index in [-0.39, 0.29) is 0 Å². The number of carbonyl (C=O) groups is 1. The standard InChI is InChI=1S/C5H11NO2/c1-3(2)4(6)5(7)8/h3-4H,6H2,1-2H3,(H,7,8)/t4-/m0/s1/i1D,2D3,3D,4D/hD2/t3?,4-. The van der Waals surface area contributed by atoms with Crippen LogP contribution in [0.2, 0.25) is 2.82 Å². The van der Waals surface area contributed by atoms with Crippen LogP contribution in [-0.4, -0.2) is 17.1 Å². The molecule has 3 nitrogen and oxygen atoms in total. The van der Waals surface area contributed by atoms with Crippen LogP contribution in [0.25, 0.3) is 0 Å². The second kappa shape index (κ2) is 2.67. The highest BCUT2D eigenvalue weighted by Gasteiger charge is 2.14. The van der Waals surface area contributed by atoms with Crippen LogP contribution in [0.15, 0.2) is 0 Å². The number of hydrogen-bond donors (Lipinski definition) is 2. The maximum atomic E-state index is 10.8. The fraction of sp³-hybridized carbons (Fsp3) is 0.800. The van der Waals surface area contributed by atoms with Gasteiger partial charge in [-0.15, -0.1) is 0 Å². The molecule has 0 amide bonds. The second-order valence-corrected chi connectivity index (χ2v) is 1.13. The zero-order chi connectivity index (χ0) is 13.4. The quantitative estimate of drug-likeness (QED) is 0.560. The van der Waals surface area contributed by atoms with Gasteiger partial charge in [0.2, 0.25) is 0 Å². The van der Waals surface area contributed by atoms with E-state index in [2.05, 4.69) is 0 Å². The van der Waals surface area contributed by atoms with Crippen molar-refractivity contribution >= 4 is 5.97 Å². The van der Waals surface area contributed by atoms with Crippen molar-refractivity contribution < 1.29 is 20.9 Å². The third-order valence-corrected chi connectivity index (χ3v) is 0.488. The molecule has 0 saturated carbocycles. The predicted molar refractivity (Wildman–Crippen MR) is 30.4 cm³/mol. The van der Waals surface area contributed by atoms with Gasteiger partial charge in [0.1, 0.15) is 8.84 Å². The molecule has 0 aliphatic carbocycles. The van der Waals surface area contributed by atoms with Gasteiger partial charge in [0.25, 0.3) is 0 Å². The van der Waals surface area contributed by atoms with Gasteiger partial charge in [0.05, 0.1) is 1.37 Å². The monoisotopic (exact) mass is 125 g/mol. The van der Waals surface area contributed by atoms with Crippen LogP contribution < -0.4 is 5.72 Å². The summed E-state index contributed by atoms with van der Waals surface area (Å²) in [4.78, 5) is 10.8. The van der Waals surface area contributed by atoms with E-state index in [1.807, 2.05) is 0 Å². The number of hydrogen-bond acceptors (Lipinski definition) is 2. The highest BCUT2D eigenvalue weighted by Crippen LogP contribution is 1.96. The minimum absolute atomic E-state index is 0.677. The maximum absolute atomic E-state index is 10.8. The Bertz CT molecular complexity index is 280. The molecule has 3 N–H and O–H groups in total. The minimum atomic E-state index is -3.36. The minimum Gasteiger partial charge on any atom is -0.480 e. The van der Waals surface area contributed by atoms with Crippen molar-refractivity contribution in [3.63, 3.8) is 0 Å². The largest absolute Gasteiger partial charge is 0.480 e. The van der Waals surface area contributed by atoms with Crippen molar-refractivity contribution in [1.82, 2.24) is 0 Å². The van der Waals surface area contributed by atoms with E-state index < -0.39 is 37.4 Å². The Balaban J connectivity index is 5.77. The number of carboxylic acid groups (broad SMARTS) is 1. The van der Waals surface area contributed by atoms with Crippen LogP contribution >= 0.6 is 0 Å². The van der Waals surface area contributed by atoms with E-state index in [9.17, 15) is 4.79 Å². The Morgan fingerprint density at radius 2 is 3.00 bits per heavy atom. The summed E-state index contributed by atoms with van der Waals surface area (Å²) >= 11 is 0. The first-order valence-corrected chi connectivity index (χ1v) is 1.75. The average molecular weight is 125 g/mol. The highest BCUT2D eigenvalue weighted by atomic mass is 16.4. The zero-order valence-corrected chi connectivity index (χ0v) is 4.01. The molecule has 0 aromatic rings. The summed E-state index contributed by atoms with van der Waals surface area (Å²) in [5.41, 5.74) is -0.677. The molecule has 3 heteroatoms. The Hall–Kier alpha value is -0.570. The van der Waals surface area contributed by atoms with Crippen LogP contribution in [0, 0.1) is 5.89 Å². The Labute approximate surface area is 59.9 Å². The molecule has 0 bridgehead atoms. The molecule has 48 valence electrons. The number of nitrogens with two attached hydrogens (primary N) is 1. The van der Waals surface area contributed by atoms with E-state index in [1.54, 1.807) is 0 Å². The first kappa shape index (κ1) is 1.48. The van der Waals surface area contributed by atoms with Crippen molar-refractivity contribution in [3.05, 3.63) is 0 Å². The Morgan fingerprint density at radius 1 is 2.25 bits per heavy atom. The molecule has 8 heavy (non-hydrogen) atoms. The summed E-state index contributed by atoms with van der Waals surface area (Å²) in [6, 6.07) is -3.36. The lowest BCUT2D eigenvalue weighted by molar-refractivity contribution is -0.139. The molecule has 0 radical (unpaired) electrons. The summed E-state index contributed by atoms with van der Waals surface area (Å²) < 4.78 is 56.2. The first-order chi connectivity index (χ1) is 6.95. The second-order valence-electron chi connectivity index (χ2n) is 1.13. The number of carboxylic acids is 1. The molecule has 0 fully saturated rings. The SMILES string of the molecule is [2H]CC([2H])(C([2H])([2H])[2H])[C@@]([2H])(C(=O)O)N([2H])[2H]. The van der Waals surface area contributed by atoms with Crippen molar-refractivity contribution in [3.8, 4) is 0 Å². The summed E-state index contributed by atoms with van der Waals surface area (Å²) in [5, 5.41) is 8.71. The Morgan fingerprint density at radius 3 is 3.12 bits per heavy atom. The molecular weight excluding hydrogens is 106 g/mol. The van der Waals surface area contributed by atoms with Gasteiger partial charge in [-0.1, -0.05) is 13.8 Å². The van der Waals surface area contributed by atoms with Gasteiger partial charge in [-0.25, -0.2) is 0 Å². The van der Waals surface area contributed by atoms with E-state index in [1.165, 1.54) is 0 Å². The van der Waals surface area contributed by atoms with Gasteiger partial charge < -0.3 is 10.8 Å². The van der Waals surface area contributed by atoms with Crippen molar-refractivity contribution in [1.29, 1.82) is 0 Å². The lowest BCUT2D eigenvalue weighted by atomic mass is 10.1. The topological polar surface area (TPSA) is 63.3 Å². The molecule has 0 aromatic heterocycles. The predicted octanol–water partition coefficient (Wildman–Crippen LogP) is 0.0543. The molecule has 0 aromatic carbocycles. The smallest absolute Gasteiger partial charge is 0.320 e. The summed E-state index contributed by atoms with van der Waals surface area (Å²) in [6.07, 6.45) is 0. The van der Waals surface area contributed by atoms with Crippen LogP contribution in [0.4, 0.5) is 0 Å². The van der Waals surface area contributed by atoms with Crippen LogP contribution in [-0.2, 0) is 4.79 Å². The molecule has 1 unspecified atom stereocenters. The average Bonchev–Trinajstić information content (AvgIpc) is 2.12. The number of rotatable bonds is 3. The van der Waals surface area contributed by atoms with Crippen LogP contribution in [0.3, 0.4) is 0 Å². The fourth-order valence-corrected chi connectivity index (χ4v) is 0.129. The molecular formula is C5H11NO2. The molecule has 0 saturated heterocycles. The zero-order valence-electron chi connectivity index (χ0n) is 12.0. The maximum Gasteiger partial charge on any atom is 0.320 e. The number of aliphatic carboxylic acids is 1. The van der Waals surface area contributed by atoms with E-state index in [0.717, 1.165) is 0 Å². The first-order valence-electron chi connectivity index (χ1n) is 5.86. The van der Waals surface area contributed by atoms with Gasteiger partial charge >= 0.3 is 5.97 Å². The van der Waals surface area contributed by atoms with Gasteiger partial charge in [0, 0.05) is 6.85 Å². The molecule has 0 rings (SSSR count). The van der Waals surface area contributed by atoms with Crippen LogP contribution in [0.5, 0.6) is 0 Å². The lowest BCUT2D eigenvalue weighted by Gasteiger charge is -2.07. The van der Waals surface area contributed by atoms with Gasteiger partial charge in [-0.05, 0) is 5.89 Å². The third kappa shape index (κ3) is 1.93. The van der Waals surface area contributed by atoms with E-state index >= 15 is 0 Å². The molecule has 0 heterocycles. The van der Waals surface area contributed by atoms with Crippen LogP contribution in [0.1, 0.15) is 22.0 Å². The Kier molecular flexibility index (Phi) is 0.492. The summed E-state index contributed by atoms with van der Waals surface area (Å²) in [7, 11) is 0. The third-order valence-electron chi connectivity index (χ3n) is 0.488. The van der Waals surface area contributed by atoms with E-state index in [0.29, 0.717) is 0 Å². The van der Waals surface area contributed by atoms with Gasteiger partial charge in [-0.2, -0.15) is 0 Å². The van der Waals surface area contributed by atoms with E-state index in [4.69, 9.17) is 16.2 Å². The fourth-order valence-electron chi connectivity index (χ4n) is 0.129. The van der Waals surface area contributed by atoms with Gasteiger partial charge in [0.15, 0.2) is 0 Å². The lowest BCUT2D eigenvalue weighted by Crippen LogP contribution is -2.34. The van der Waals surface area contributed by atoms with Gasteiger partial charge in [-0.3, -0.25) is 4.79 Å². The summed E-state index contributed by atoms with van der Waals surface area (Å²) in [6.45, 7) is -4.51. The summed E-state index contributed by atoms with van der Waals surface area (Å²) in [5.74, 6) is -5.22. The highest BCUT2D eigenvalue weighted by molar-refractivity contribution is 5.73. The van der Waals surface area contributed by atoms with Crippen molar-refractivity contribution in [2.75, 3.05) is 0 Å².